The maximum absolute atomic E-state index is 13.1. The van der Waals surface area contributed by atoms with Gasteiger partial charge >= 0.3 is 175 Å². The third-order valence-electron chi connectivity index (χ3n) is 5.45. The molecule has 0 spiro atoms. The topological polar surface area (TPSA) is 126 Å². The number of carbonyl (C=O) groups excluding carboxylic acids is 1. The van der Waals surface area contributed by atoms with Crippen LogP contribution in [0.2, 0.25) is 0 Å². The van der Waals surface area contributed by atoms with Crippen molar-refractivity contribution >= 4 is 48.6 Å². The fourth-order valence-corrected chi connectivity index (χ4v) is 5.00. The molecular weight excluding hydrogens is 616 g/mol. The Morgan fingerprint density at radius 2 is 2.02 bits per heavy atom. The zero-order valence-corrected chi connectivity index (χ0v) is 25.8. The molecule has 1 aromatic carbocycles. The average molecular weight is 654 g/mol. The summed E-state index contributed by atoms with van der Waals surface area (Å²) in [6.45, 7) is 6.83. The Morgan fingerprint density at radius 3 is 2.60 bits per heavy atom. The minimum absolute atomic E-state index is 0.0185. The summed E-state index contributed by atoms with van der Waals surface area (Å²) < 4.78 is 46.0. The quantitative estimate of drug-likeness (QED) is 0.228. The summed E-state index contributed by atoms with van der Waals surface area (Å²) in [6, 6.07) is 9.37. The zero-order valence-electron chi connectivity index (χ0n) is 24.1. The molecule has 228 valence electrons. The first-order valence-electron chi connectivity index (χ1n) is 13.5. The first-order chi connectivity index (χ1) is 20.1. The van der Waals surface area contributed by atoms with Gasteiger partial charge in [-0.2, -0.15) is 0 Å². The molecule has 9 nitrogen and oxygen atoms in total. The molecule has 0 saturated carbocycles. The summed E-state index contributed by atoms with van der Waals surface area (Å²) >= 11 is -1.84. The first kappa shape index (κ1) is 34.5. The second-order valence-corrected chi connectivity index (χ2v) is 10.9. The minimum atomic E-state index is -4.37. The number of ether oxygens (including phenoxy) is 1. The van der Waals surface area contributed by atoms with Crippen molar-refractivity contribution in [2.75, 3.05) is 37.8 Å². The van der Waals surface area contributed by atoms with E-state index in [0.29, 0.717) is 17.0 Å². The number of aliphatic imine (C=N–C) groups is 1. The van der Waals surface area contributed by atoms with Crippen LogP contribution in [0.15, 0.2) is 41.4 Å². The number of anilines is 2. The van der Waals surface area contributed by atoms with Crippen LogP contribution < -0.4 is 25.6 Å². The predicted octanol–water partition coefficient (Wildman–Crippen LogP) is 3.62. The van der Waals surface area contributed by atoms with Gasteiger partial charge in [0.25, 0.3) is 0 Å². The van der Waals surface area contributed by atoms with E-state index in [1.807, 2.05) is 20.1 Å². The van der Waals surface area contributed by atoms with E-state index in [1.165, 1.54) is 43.0 Å². The van der Waals surface area contributed by atoms with Crippen LogP contribution in [0.1, 0.15) is 56.1 Å². The van der Waals surface area contributed by atoms with Crippen LogP contribution in [0.25, 0.3) is 5.52 Å². The van der Waals surface area contributed by atoms with E-state index in [9.17, 15) is 23.1 Å². The Kier molecular flexibility index (Phi) is 14.2. The molecule has 0 bridgehead atoms. The van der Waals surface area contributed by atoms with Crippen molar-refractivity contribution in [1.29, 1.82) is 0 Å². The third kappa shape index (κ3) is 10.9. The number of nitrogen functional groups attached to an aromatic ring is 1. The Morgan fingerprint density at radius 1 is 1.26 bits per heavy atom. The van der Waals surface area contributed by atoms with E-state index < -0.39 is 26.1 Å². The Balaban J connectivity index is 0.000000672. The molecule has 5 N–H and O–H groups in total. The van der Waals surface area contributed by atoms with Crippen LogP contribution in [0.4, 0.5) is 24.7 Å². The van der Waals surface area contributed by atoms with Gasteiger partial charge in [0.1, 0.15) is 0 Å². The van der Waals surface area contributed by atoms with E-state index >= 15 is 0 Å². The summed E-state index contributed by atoms with van der Waals surface area (Å²) in [5.41, 5.74) is 7.03. The molecule has 0 fully saturated rings. The Labute approximate surface area is 250 Å². The van der Waals surface area contributed by atoms with Crippen molar-refractivity contribution < 1.29 is 27.8 Å². The number of aliphatic hydroxyl groups excluding tert-OH is 1. The number of aliphatic hydroxyl groups is 1. The van der Waals surface area contributed by atoms with Gasteiger partial charge in [-0.15, -0.1) is 0 Å². The second-order valence-electron chi connectivity index (χ2n) is 8.69. The van der Waals surface area contributed by atoms with Gasteiger partial charge < -0.3 is 5.11 Å². The molecule has 1 aliphatic heterocycles. The summed E-state index contributed by atoms with van der Waals surface area (Å²) in [5, 5.41) is 14.7. The van der Waals surface area contributed by atoms with Gasteiger partial charge in [0.05, 0.1) is 6.10 Å². The van der Waals surface area contributed by atoms with Gasteiger partial charge in [-0.25, -0.2) is 0 Å². The number of aromatic nitrogens is 2. The molecule has 42 heavy (non-hydrogen) atoms. The number of benzene rings is 1. The number of pyridine rings is 1. The molecule has 0 saturated heterocycles. The second kappa shape index (κ2) is 17.3. The van der Waals surface area contributed by atoms with Gasteiger partial charge in [0, 0.05) is 13.1 Å². The third-order valence-corrected chi connectivity index (χ3v) is 7.21. The number of amides is 1. The average Bonchev–Trinajstić information content (AvgIpc) is 3.33. The molecule has 3 heterocycles. The van der Waals surface area contributed by atoms with Crippen molar-refractivity contribution in [3.05, 3.63) is 47.7 Å². The van der Waals surface area contributed by atoms with Gasteiger partial charge in [-0.3, -0.25) is 4.99 Å². The van der Waals surface area contributed by atoms with Gasteiger partial charge in [-0.1, -0.05) is 13.8 Å². The standard InChI is InChI=1S/C22H22F3N5O3Se.C5H9N.C2H6/c1-13(31)12-28-21(32)14-8-9-15(18(11-14)33-2)27-10-4-5-16-20(34-22(23,24)25)17-6-3-7-19(26)30(17)29-16;1-2-4-6-5-3-1;1-2/h3,6-9,11,13,27,31H,10,12,26H2,1-2H3,(H,28,32);4H,1-3,5H2;1-2H3. The summed E-state index contributed by atoms with van der Waals surface area (Å²) in [4.78, 5) is 16.2. The van der Waals surface area contributed by atoms with Crippen LogP contribution in [-0.2, 0) is 0 Å². The van der Waals surface area contributed by atoms with Gasteiger partial charge in [0.15, 0.2) is 0 Å². The molecule has 1 aliphatic rings. The molecule has 0 aliphatic carbocycles. The Hall–Kier alpha value is -3.72. The SMILES string of the molecule is C1=NCCCC1.CC.COc1cc(C(=O)NCC(C)O)ccc1NCC#Cc1nn2c(N)cccc2c1[Se]C(F)(F)F. The van der Waals surface area contributed by atoms with Gasteiger partial charge in [0.2, 0.25) is 0 Å². The summed E-state index contributed by atoms with van der Waals surface area (Å²) in [7, 11) is 1.44. The molecule has 1 atom stereocenters. The number of hydrogen-bond donors (Lipinski definition) is 4. The molecule has 3 aromatic rings. The first-order valence-corrected chi connectivity index (χ1v) is 15.2. The number of hydrogen-bond acceptors (Lipinski definition) is 7. The monoisotopic (exact) mass is 654 g/mol. The van der Waals surface area contributed by atoms with E-state index in [2.05, 4.69) is 32.6 Å². The van der Waals surface area contributed by atoms with Crippen LogP contribution in [0.5, 0.6) is 5.75 Å². The number of rotatable bonds is 7. The molecule has 4 rings (SSSR count). The number of alkyl halides is 3. The number of nitrogens with zero attached hydrogens (tertiary/aromatic N) is 3. The number of fused-ring (bicyclic) bond motifs is 1. The van der Waals surface area contributed by atoms with E-state index in [0.717, 1.165) is 6.54 Å². The summed E-state index contributed by atoms with van der Waals surface area (Å²) in [6.07, 6.45) is 5.20. The molecule has 13 heteroatoms. The van der Waals surface area contributed by atoms with Crippen molar-refractivity contribution in [2.45, 2.75) is 51.2 Å². The van der Waals surface area contributed by atoms with Crippen molar-refractivity contribution in [3.63, 3.8) is 0 Å². The van der Waals surface area contributed by atoms with Crippen molar-refractivity contribution in [2.24, 2.45) is 4.99 Å². The van der Waals surface area contributed by atoms with Crippen molar-refractivity contribution in [1.82, 2.24) is 14.9 Å². The number of carbonyl (C=O) groups is 1. The normalized spacial score (nSPS) is 13.0. The van der Waals surface area contributed by atoms with Crippen LogP contribution >= 0.6 is 0 Å². The number of halogens is 3. The summed E-state index contributed by atoms with van der Waals surface area (Å²) in [5.74, 6) is 5.72. The number of methoxy groups -OCH3 is 1. The zero-order chi connectivity index (χ0) is 31.1. The number of nitrogens with two attached hydrogens (primary N) is 1. The fraction of sp³-hybridized carbons (Fsp3) is 0.414. The van der Waals surface area contributed by atoms with Crippen LogP contribution in [-0.4, -0.2) is 79.7 Å². The number of nitrogens with one attached hydrogen (secondary N) is 2. The molecule has 1 amide bonds. The molecular formula is C29H37F3N6O3Se. The van der Waals surface area contributed by atoms with E-state index in [4.69, 9.17) is 10.5 Å². The molecule has 1 unspecified atom stereocenters. The maximum atomic E-state index is 13.1. The molecule has 2 aromatic heterocycles. The molecule has 0 radical (unpaired) electrons. The van der Waals surface area contributed by atoms with Gasteiger partial charge in [-0.05, 0) is 32.4 Å². The van der Waals surface area contributed by atoms with Crippen molar-refractivity contribution in [3.8, 4) is 17.6 Å². The van der Waals surface area contributed by atoms with E-state index in [1.54, 1.807) is 31.2 Å². The van der Waals surface area contributed by atoms with E-state index in [-0.39, 0.29) is 40.5 Å². The predicted molar refractivity (Wildman–Crippen MR) is 162 cm³/mol. The van der Waals surface area contributed by atoms with Crippen LogP contribution in [0, 0.1) is 11.8 Å². The fourth-order valence-electron chi connectivity index (χ4n) is 3.58. The van der Waals surface area contributed by atoms with Crippen LogP contribution in [0.3, 0.4) is 0 Å². The Bertz CT molecular complexity index is 1390.